The quantitative estimate of drug-likeness (QED) is 0.826. The summed E-state index contributed by atoms with van der Waals surface area (Å²) in [6.07, 6.45) is 0.583. The Balaban J connectivity index is 2.70. The number of aromatic nitrogens is 2. The van der Waals surface area contributed by atoms with Crippen LogP contribution in [0, 0.1) is 5.82 Å². The maximum Gasteiger partial charge on any atom is 0.270 e. The standard InChI is InChI=1S/C12H13FN2O/c1-3-8-11(14-15(2)12(8)16)9-6-4-5-7-10(9)13/h4-7,14H,3H2,1-2H3. The zero-order valence-electron chi connectivity index (χ0n) is 9.25. The van der Waals surface area contributed by atoms with Crippen molar-refractivity contribution in [3.05, 3.63) is 46.0 Å². The topological polar surface area (TPSA) is 37.8 Å². The highest BCUT2D eigenvalue weighted by Crippen LogP contribution is 2.22. The predicted molar refractivity (Wildman–Crippen MR) is 60.8 cm³/mol. The molecule has 1 heterocycles. The Bertz CT molecular complexity index is 569. The molecule has 0 saturated heterocycles. The molecule has 0 amide bonds. The van der Waals surface area contributed by atoms with Crippen molar-refractivity contribution < 1.29 is 4.39 Å². The van der Waals surface area contributed by atoms with Crippen molar-refractivity contribution in [2.45, 2.75) is 13.3 Å². The van der Waals surface area contributed by atoms with E-state index in [1.54, 1.807) is 25.2 Å². The molecule has 0 radical (unpaired) electrons. The van der Waals surface area contributed by atoms with Crippen LogP contribution < -0.4 is 5.56 Å². The van der Waals surface area contributed by atoms with Crippen LogP contribution in [0.5, 0.6) is 0 Å². The zero-order chi connectivity index (χ0) is 11.7. The molecule has 16 heavy (non-hydrogen) atoms. The lowest BCUT2D eigenvalue weighted by molar-refractivity contribution is 0.629. The summed E-state index contributed by atoms with van der Waals surface area (Å²) >= 11 is 0. The number of H-pyrrole nitrogens is 1. The third kappa shape index (κ3) is 1.56. The predicted octanol–water partition coefficient (Wildman–Crippen LogP) is 2.08. The van der Waals surface area contributed by atoms with Crippen molar-refractivity contribution in [3.63, 3.8) is 0 Å². The minimum absolute atomic E-state index is 0.0965. The summed E-state index contributed by atoms with van der Waals surface area (Å²) in [5, 5.41) is 2.89. The number of nitrogens with zero attached hydrogens (tertiary/aromatic N) is 1. The van der Waals surface area contributed by atoms with E-state index in [4.69, 9.17) is 0 Å². The van der Waals surface area contributed by atoms with Gasteiger partial charge in [0.1, 0.15) is 5.82 Å². The minimum atomic E-state index is -0.320. The summed E-state index contributed by atoms with van der Waals surface area (Å²) in [7, 11) is 1.63. The van der Waals surface area contributed by atoms with E-state index in [9.17, 15) is 9.18 Å². The SMILES string of the molecule is CCc1c(-c2ccccc2F)[nH]n(C)c1=O. The summed E-state index contributed by atoms with van der Waals surface area (Å²) in [6.45, 7) is 1.88. The molecule has 0 saturated carbocycles. The number of aryl methyl sites for hydroxylation is 1. The van der Waals surface area contributed by atoms with Crippen molar-refractivity contribution >= 4 is 0 Å². The first-order chi connectivity index (χ1) is 7.65. The molecule has 0 fully saturated rings. The van der Waals surface area contributed by atoms with Crippen LogP contribution in [-0.2, 0) is 13.5 Å². The van der Waals surface area contributed by atoms with Gasteiger partial charge in [-0.15, -0.1) is 0 Å². The number of halogens is 1. The summed E-state index contributed by atoms with van der Waals surface area (Å²) in [5.74, 6) is -0.320. The maximum atomic E-state index is 13.6. The second-order valence-electron chi connectivity index (χ2n) is 3.66. The Morgan fingerprint density at radius 1 is 1.38 bits per heavy atom. The van der Waals surface area contributed by atoms with Crippen molar-refractivity contribution in [1.82, 2.24) is 9.78 Å². The average molecular weight is 220 g/mol. The molecule has 84 valence electrons. The lowest BCUT2D eigenvalue weighted by Crippen LogP contribution is -2.14. The van der Waals surface area contributed by atoms with E-state index in [2.05, 4.69) is 5.10 Å². The Morgan fingerprint density at radius 2 is 2.06 bits per heavy atom. The van der Waals surface area contributed by atoms with Crippen LogP contribution >= 0.6 is 0 Å². The fourth-order valence-corrected chi connectivity index (χ4v) is 1.81. The van der Waals surface area contributed by atoms with Crippen LogP contribution in [0.15, 0.2) is 29.1 Å². The molecule has 0 spiro atoms. The van der Waals surface area contributed by atoms with Gasteiger partial charge in [0, 0.05) is 18.2 Å². The number of hydrogen-bond acceptors (Lipinski definition) is 1. The van der Waals surface area contributed by atoms with Gasteiger partial charge in [-0.3, -0.25) is 14.6 Å². The summed E-state index contributed by atoms with van der Waals surface area (Å²) < 4.78 is 15.0. The Morgan fingerprint density at radius 3 is 2.69 bits per heavy atom. The van der Waals surface area contributed by atoms with Crippen LogP contribution in [0.25, 0.3) is 11.3 Å². The van der Waals surface area contributed by atoms with Crippen LogP contribution in [0.1, 0.15) is 12.5 Å². The molecule has 1 aromatic heterocycles. The largest absolute Gasteiger partial charge is 0.295 e. The van der Waals surface area contributed by atoms with Gasteiger partial charge >= 0.3 is 0 Å². The van der Waals surface area contributed by atoms with Crippen LogP contribution in [-0.4, -0.2) is 9.78 Å². The lowest BCUT2D eigenvalue weighted by atomic mass is 10.1. The van der Waals surface area contributed by atoms with Crippen molar-refractivity contribution in [3.8, 4) is 11.3 Å². The van der Waals surface area contributed by atoms with Crippen LogP contribution in [0.3, 0.4) is 0 Å². The minimum Gasteiger partial charge on any atom is -0.295 e. The maximum absolute atomic E-state index is 13.6. The zero-order valence-corrected chi connectivity index (χ0v) is 9.25. The molecule has 0 unspecified atom stereocenters. The van der Waals surface area contributed by atoms with Gasteiger partial charge in [0.2, 0.25) is 0 Å². The summed E-state index contributed by atoms with van der Waals surface area (Å²) in [6, 6.07) is 6.44. The molecule has 0 atom stereocenters. The number of benzene rings is 1. The second kappa shape index (κ2) is 3.96. The second-order valence-corrected chi connectivity index (χ2v) is 3.66. The first-order valence-corrected chi connectivity index (χ1v) is 5.18. The number of aromatic amines is 1. The van der Waals surface area contributed by atoms with E-state index >= 15 is 0 Å². The van der Waals surface area contributed by atoms with Crippen LogP contribution in [0.4, 0.5) is 4.39 Å². The average Bonchev–Trinajstić information content (AvgIpc) is 2.56. The van der Waals surface area contributed by atoms with Crippen molar-refractivity contribution in [2.24, 2.45) is 7.05 Å². The smallest absolute Gasteiger partial charge is 0.270 e. The Kier molecular flexibility index (Phi) is 2.64. The highest BCUT2D eigenvalue weighted by atomic mass is 19.1. The van der Waals surface area contributed by atoms with E-state index in [-0.39, 0.29) is 11.4 Å². The first-order valence-electron chi connectivity index (χ1n) is 5.18. The molecular weight excluding hydrogens is 207 g/mol. The molecule has 0 aliphatic carbocycles. The lowest BCUT2D eigenvalue weighted by Gasteiger charge is -2.01. The van der Waals surface area contributed by atoms with Gasteiger partial charge in [-0.1, -0.05) is 19.1 Å². The first kappa shape index (κ1) is 10.7. The fourth-order valence-electron chi connectivity index (χ4n) is 1.81. The molecule has 0 bridgehead atoms. The Hall–Kier alpha value is -1.84. The van der Waals surface area contributed by atoms with Gasteiger partial charge in [-0.25, -0.2) is 4.39 Å². The highest BCUT2D eigenvalue weighted by Gasteiger charge is 2.14. The molecule has 0 aliphatic heterocycles. The van der Waals surface area contributed by atoms with Gasteiger partial charge in [-0.05, 0) is 18.6 Å². The number of rotatable bonds is 2. The van der Waals surface area contributed by atoms with Gasteiger partial charge in [0.25, 0.3) is 5.56 Å². The molecular formula is C12H13FN2O. The third-order valence-corrected chi connectivity index (χ3v) is 2.64. The molecule has 2 rings (SSSR count). The van der Waals surface area contributed by atoms with E-state index in [1.165, 1.54) is 10.7 Å². The number of hydrogen-bond donors (Lipinski definition) is 1. The fraction of sp³-hybridized carbons (Fsp3) is 0.250. The third-order valence-electron chi connectivity index (χ3n) is 2.64. The molecule has 3 nitrogen and oxygen atoms in total. The van der Waals surface area contributed by atoms with Crippen molar-refractivity contribution in [2.75, 3.05) is 0 Å². The van der Waals surface area contributed by atoms with Gasteiger partial charge < -0.3 is 0 Å². The molecule has 1 N–H and O–H groups in total. The molecule has 1 aromatic carbocycles. The Labute approximate surface area is 92.5 Å². The van der Waals surface area contributed by atoms with Gasteiger partial charge in [0.15, 0.2) is 0 Å². The van der Waals surface area contributed by atoms with E-state index in [1.807, 2.05) is 6.92 Å². The summed E-state index contributed by atoms with van der Waals surface area (Å²) in [4.78, 5) is 11.7. The van der Waals surface area contributed by atoms with Crippen molar-refractivity contribution in [1.29, 1.82) is 0 Å². The molecule has 4 heteroatoms. The summed E-state index contributed by atoms with van der Waals surface area (Å²) in [5.41, 5.74) is 1.54. The van der Waals surface area contributed by atoms with E-state index in [0.717, 1.165) is 0 Å². The highest BCUT2D eigenvalue weighted by molar-refractivity contribution is 5.63. The van der Waals surface area contributed by atoms with E-state index in [0.29, 0.717) is 23.2 Å². The molecule has 2 aromatic rings. The van der Waals surface area contributed by atoms with Gasteiger partial charge in [0.05, 0.1) is 5.69 Å². The number of nitrogens with one attached hydrogen (secondary N) is 1. The van der Waals surface area contributed by atoms with Crippen LogP contribution in [0.2, 0.25) is 0 Å². The van der Waals surface area contributed by atoms with E-state index < -0.39 is 0 Å². The monoisotopic (exact) mass is 220 g/mol. The van der Waals surface area contributed by atoms with Gasteiger partial charge in [-0.2, -0.15) is 0 Å². The molecule has 0 aliphatic rings. The normalized spacial score (nSPS) is 10.7.